The zero-order chi connectivity index (χ0) is 21.8. The van der Waals surface area contributed by atoms with Crippen LogP contribution in [-0.2, 0) is 6.54 Å². The van der Waals surface area contributed by atoms with Crippen molar-refractivity contribution in [2.24, 2.45) is 0 Å². The molecule has 8 heteroatoms. The lowest BCUT2D eigenvalue weighted by Crippen LogP contribution is -2.16. The highest BCUT2D eigenvalue weighted by molar-refractivity contribution is 5.93. The van der Waals surface area contributed by atoms with E-state index in [1.165, 1.54) is 16.8 Å². The number of aromatic amines is 1. The molecule has 156 valence electrons. The zero-order valence-electron chi connectivity index (χ0n) is 16.8. The molecule has 0 bridgehead atoms. The van der Waals surface area contributed by atoms with E-state index in [0.29, 0.717) is 0 Å². The van der Waals surface area contributed by atoms with Crippen molar-refractivity contribution in [2.75, 3.05) is 5.32 Å². The lowest BCUT2D eigenvalue weighted by Gasteiger charge is -2.15. The molecule has 0 saturated carbocycles. The Balaban J connectivity index is 0.00000124. The predicted octanol–water partition coefficient (Wildman–Crippen LogP) is 5.27. The van der Waals surface area contributed by atoms with Crippen LogP contribution < -0.4 is 10.9 Å². The summed E-state index contributed by atoms with van der Waals surface area (Å²) in [6.45, 7) is 5.92. The topological polar surface area (TPSA) is 62.7 Å². The van der Waals surface area contributed by atoms with Crippen molar-refractivity contribution < 1.29 is 13.2 Å². The van der Waals surface area contributed by atoms with Gasteiger partial charge in [0.15, 0.2) is 17.5 Å². The van der Waals surface area contributed by atoms with Crippen molar-refractivity contribution in [3.63, 3.8) is 0 Å². The highest BCUT2D eigenvalue weighted by atomic mass is 19.2. The Hall–Kier alpha value is -3.55. The molecule has 0 aliphatic carbocycles. The van der Waals surface area contributed by atoms with Crippen molar-refractivity contribution >= 4 is 22.5 Å². The van der Waals surface area contributed by atoms with Crippen molar-refractivity contribution in [3.05, 3.63) is 87.7 Å². The maximum absolute atomic E-state index is 13.5. The summed E-state index contributed by atoms with van der Waals surface area (Å²) in [5.41, 5.74) is 2.36. The molecule has 2 aromatic carbocycles. The molecule has 0 aliphatic heterocycles. The monoisotopic (exact) mass is 414 g/mol. The SMILES string of the molecule is CC.Cc1cc(Nc2nc(=O)ccn2Cc2cc(F)c(F)c(F)c2)c2cc[nH]c2c1. The normalized spacial score (nSPS) is 10.6. The van der Waals surface area contributed by atoms with E-state index in [1.807, 2.05) is 39.0 Å². The summed E-state index contributed by atoms with van der Waals surface area (Å²) in [6.07, 6.45) is 3.26. The van der Waals surface area contributed by atoms with Gasteiger partial charge in [0.2, 0.25) is 5.95 Å². The summed E-state index contributed by atoms with van der Waals surface area (Å²) in [6, 6.07) is 8.83. The largest absolute Gasteiger partial charge is 0.361 e. The van der Waals surface area contributed by atoms with Crippen molar-refractivity contribution in [2.45, 2.75) is 27.3 Å². The van der Waals surface area contributed by atoms with Crippen LogP contribution in [0, 0.1) is 24.4 Å². The van der Waals surface area contributed by atoms with Crippen molar-refractivity contribution in [1.82, 2.24) is 14.5 Å². The number of aryl methyl sites for hydroxylation is 1. The van der Waals surface area contributed by atoms with E-state index in [2.05, 4.69) is 15.3 Å². The van der Waals surface area contributed by atoms with Gasteiger partial charge in [-0.25, -0.2) is 13.2 Å². The highest BCUT2D eigenvalue weighted by Crippen LogP contribution is 2.27. The van der Waals surface area contributed by atoms with Crippen LogP contribution in [0.3, 0.4) is 0 Å². The molecule has 5 nitrogen and oxygen atoms in total. The van der Waals surface area contributed by atoms with Gasteiger partial charge in [-0.05, 0) is 48.4 Å². The third-order valence-corrected chi connectivity index (χ3v) is 4.34. The molecule has 4 aromatic rings. The fraction of sp³-hybridized carbons (Fsp3) is 0.182. The van der Waals surface area contributed by atoms with E-state index in [4.69, 9.17) is 0 Å². The van der Waals surface area contributed by atoms with E-state index < -0.39 is 23.0 Å². The molecule has 2 N–H and O–H groups in total. The average molecular weight is 414 g/mol. The van der Waals surface area contributed by atoms with Gasteiger partial charge in [0.05, 0.1) is 12.2 Å². The number of fused-ring (bicyclic) bond motifs is 1. The van der Waals surface area contributed by atoms with Gasteiger partial charge in [0.1, 0.15) is 0 Å². The number of anilines is 2. The lowest BCUT2D eigenvalue weighted by molar-refractivity contribution is 0.444. The van der Waals surface area contributed by atoms with Crippen LogP contribution in [0.25, 0.3) is 10.9 Å². The standard InChI is InChI=1S/C20H15F3N4O.C2H6/c1-11-6-16-13(2-4-24-16)17(7-11)25-20-26-18(28)3-5-27(20)10-12-8-14(21)19(23)15(22)9-12;1-2/h2-9,24H,10H2,1H3,(H,25,26,28);1-2H3. The number of hydrogen-bond acceptors (Lipinski definition) is 3. The quantitative estimate of drug-likeness (QED) is 0.447. The number of H-pyrrole nitrogens is 1. The van der Waals surface area contributed by atoms with Gasteiger partial charge >= 0.3 is 0 Å². The number of hydrogen-bond donors (Lipinski definition) is 2. The second-order valence-corrected chi connectivity index (χ2v) is 6.47. The van der Waals surface area contributed by atoms with Crippen LogP contribution in [0.15, 0.2) is 53.6 Å². The molecule has 0 saturated heterocycles. The van der Waals surface area contributed by atoms with Gasteiger partial charge in [-0.3, -0.25) is 4.79 Å². The smallest absolute Gasteiger partial charge is 0.274 e. The van der Waals surface area contributed by atoms with Gasteiger partial charge < -0.3 is 14.9 Å². The molecule has 2 aromatic heterocycles. The molecule has 0 amide bonds. The highest BCUT2D eigenvalue weighted by Gasteiger charge is 2.13. The molecule has 4 rings (SSSR count). The van der Waals surface area contributed by atoms with E-state index in [0.717, 1.165) is 34.3 Å². The summed E-state index contributed by atoms with van der Waals surface area (Å²) < 4.78 is 41.8. The Kier molecular flexibility index (Phi) is 6.25. The Morgan fingerprint density at radius 2 is 1.77 bits per heavy atom. The fourth-order valence-electron chi connectivity index (χ4n) is 3.09. The number of rotatable bonds is 4. The number of nitrogens with one attached hydrogen (secondary N) is 2. The first-order chi connectivity index (χ1) is 14.4. The maximum atomic E-state index is 13.5. The molecular weight excluding hydrogens is 393 g/mol. The Bertz CT molecular complexity index is 1220. The van der Waals surface area contributed by atoms with Crippen LogP contribution in [0.4, 0.5) is 24.8 Å². The van der Waals surface area contributed by atoms with Gasteiger partial charge in [-0.15, -0.1) is 0 Å². The molecular formula is C22H21F3N4O. The number of benzene rings is 2. The molecule has 0 atom stereocenters. The van der Waals surface area contributed by atoms with E-state index in [9.17, 15) is 18.0 Å². The van der Waals surface area contributed by atoms with Gasteiger partial charge in [-0.2, -0.15) is 4.98 Å². The van der Waals surface area contributed by atoms with Gasteiger partial charge in [-0.1, -0.05) is 13.8 Å². The second-order valence-electron chi connectivity index (χ2n) is 6.47. The van der Waals surface area contributed by atoms with Gasteiger partial charge in [0.25, 0.3) is 5.56 Å². The predicted molar refractivity (Wildman–Crippen MR) is 112 cm³/mol. The summed E-state index contributed by atoms with van der Waals surface area (Å²) in [4.78, 5) is 18.9. The number of nitrogens with zero attached hydrogens (tertiary/aromatic N) is 2. The summed E-state index contributed by atoms with van der Waals surface area (Å²) in [5, 5.41) is 4.01. The van der Waals surface area contributed by atoms with Crippen LogP contribution in [-0.4, -0.2) is 14.5 Å². The minimum absolute atomic E-state index is 0.00811. The minimum Gasteiger partial charge on any atom is -0.361 e. The van der Waals surface area contributed by atoms with Crippen LogP contribution >= 0.6 is 0 Å². The Morgan fingerprint density at radius 3 is 2.47 bits per heavy atom. The zero-order valence-corrected chi connectivity index (χ0v) is 16.8. The average Bonchev–Trinajstić information content (AvgIpc) is 3.18. The van der Waals surface area contributed by atoms with E-state index >= 15 is 0 Å². The number of aromatic nitrogens is 3. The first-order valence-corrected chi connectivity index (χ1v) is 9.46. The lowest BCUT2D eigenvalue weighted by atomic mass is 10.1. The fourth-order valence-corrected chi connectivity index (χ4v) is 3.09. The third-order valence-electron chi connectivity index (χ3n) is 4.34. The summed E-state index contributed by atoms with van der Waals surface area (Å²) in [5.74, 6) is -3.86. The van der Waals surface area contributed by atoms with Gasteiger partial charge in [0, 0.05) is 29.4 Å². The molecule has 2 heterocycles. The Morgan fingerprint density at radius 1 is 1.07 bits per heavy atom. The van der Waals surface area contributed by atoms with Crippen LogP contribution in [0.2, 0.25) is 0 Å². The second kappa shape index (κ2) is 8.86. The molecule has 30 heavy (non-hydrogen) atoms. The Labute approximate surface area is 171 Å². The van der Waals surface area contributed by atoms with E-state index in [-0.39, 0.29) is 18.1 Å². The van der Waals surface area contributed by atoms with Crippen LogP contribution in [0.5, 0.6) is 0 Å². The maximum Gasteiger partial charge on any atom is 0.274 e. The van der Waals surface area contributed by atoms with Crippen molar-refractivity contribution in [1.29, 1.82) is 0 Å². The van der Waals surface area contributed by atoms with Crippen LogP contribution in [0.1, 0.15) is 25.0 Å². The summed E-state index contributed by atoms with van der Waals surface area (Å²) >= 11 is 0. The third kappa shape index (κ3) is 4.37. The molecule has 0 unspecified atom stereocenters. The van der Waals surface area contributed by atoms with E-state index in [1.54, 1.807) is 6.20 Å². The molecule has 0 fully saturated rings. The first kappa shape index (κ1) is 21.2. The van der Waals surface area contributed by atoms with Crippen molar-refractivity contribution in [3.8, 4) is 0 Å². The minimum atomic E-state index is -1.52. The summed E-state index contributed by atoms with van der Waals surface area (Å²) in [7, 11) is 0. The first-order valence-electron chi connectivity index (χ1n) is 9.46. The molecule has 0 aliphatic rings. The molecule has 0 spiro atoms. The number of halogens is 3. The molecule has 0 radical (unpaired) electrons.